The maximum absolute atomic E-state index is 5.76. The van der Waals surface area contributed by atoms with Gasteiger partial charge < -0.3 is 10.5 Å². The molecule has 0 aliphatic rings. The standard InChI is InChI=1S/C11H18N2O/c1-4-8(2)14-11-7-10(9(3)12)5-6-13-11/h5-9H,4,12H2,1-3H3/t8?,9-/m0/s1. The zero-order valence-electron chi connectivity index (χ0n) is 9.03. The Hall–Kier alpha value is -1.09. The highest BCUT2D eigenvalue weighted by Gasteiger charge is 2.05. The maximum atomic E-state index is 5.76. The van der Waals surface area contributed by atoms with Crippen LogP contribution in [0.1, 0.15) is 38.8 Å². The second kappa shape index (κ2) is 4.96. The molecule has 3 nitrogen and oxygen atoms in total. The lowest BCUT2D eigenvalue weighted by Crippen LogP contribution is -2.12. The Morgan fingerprint density at radius 2 is 2.21 bits per heavy atom. The first-order chi connectivity index (χ1) is 6.63. The molecular weight excluding hydrogens is 176 g/mol. The van der Waals surface area contributed by atoms with Crippen LogP contribution in [0.3, 0.4) is 0 Å². The third kappa shape index (κ3) is 3.00. The Morgan fingerprint density at radius 1 is 1.50 bits per heavy atom. The molecule has 3 heteroatoms. The van der Waals surface area contributed by atoms with Crippen LogP contribution in [0.5, 0.6) is 5.88 Å². The number of pyridine rings is 1. The van der Waals surface area contributed by atoms with Gasteiger partial charge in [-0.05, 0) is 31.9 Å². The number of aromatic nitrogens is 1. The molecule has 0 spiro atoms. The topological polar surface area (TPSA) is 48.1 Å². The van der Waals surface area contributed by atoms with Crippen molar-refractivity contribution in [1.29, 1.82) is 0 Å². The molecule has 0 aliphatic heterocycles. The molecule has 0 saturated carbocycles. The Kier molecular flexibility index (Phi) is 3.89. The van der Waals surface area contributed by atoms with Gasteiger partial charge in [0, 0.05) is 18.3 Å². The number of nitrogens with zero attached hydrogens (tertiary/aromatic N) is 1. The summed E-state index contributed by atoms with van der Waals surface area (Å²) in [5.41, 5.74) is 6.82. The van der Waals surface area contributed by atoms with Gasteiger partial charge in [-0.2, -0.15) is 0 Å². The number of ether oxygens (including phenoxy) is 1. The predicted molar refractivity (Wildman–Crippen MR) is 57.2 cm³/mol. The van der Waals surface area contributed by atoms with Crippen LogP contribution in [0.4, 0.5) is 0 Å². The van der Waals surface area contributed by atoms with Gasteiger partial charge in [-0.25, -0.2) is 4.98 Å². The molecule has 1 unspecified atom stereocenters. The first kappa shape index (κ1) is 11.0. The second-order valence-corrected chi connectivity index (χ2v) is 3.55. The van der Waals surface area contributed by atoms with E-state index in [-0.39, 0.29) is 12.1 Å². The van der Waals surface area contributed by atoms with Crippen molar-refractivity contribution in [3.63, 3.8) is 0 Å². The molecule has 0 amide bonds. The molecule has 1 aromatic rings. The molecule has 14 heavy (non-hydrogen) atoms. The van der Waals surface area contributed by atoms with Gasteiger partial charge in [0.15, 0.2) is 0 Å². The lowest BCUT2D eigenvalue weighted by Gasteiger charge is -2.13. The van der Waals surface area contributed by atoms with E-state index in [2.05, 4.69) is 11.9 Å². The van der Waals surface area contributed by atoms with Gasteiger partial charge in [0.25, 0.3) is 0 Å². The average molecular weight is 194 g/mol. The average Bonchev–Trinajstić information content (AvgIpc) is 2.18. The van der Waals surface area contributed by atoms with Crippen molar-refractivity contribution in [3.05, 3.63) is 23.9 Å². The van der Waals surface area contributed by atoms with Gasteiger partial charge >= 0.3 is 0 Å². The van der Waals surface area contributed by atoms with Crippen molar-refractivity contribution in [3.8, 4) is 5.88 Å². The number of nitrogens with two attached hydrogens (primary N) is 1. The zero-order valence-corrected chi connectivity index (χ0v) is 9.03. The van der Waals surface area contributed by atoms with Crippen LogP contribution in [-0.2, 0) is 0 Å². The SMILES string of the molecule is CCC(C)Oc1cc([C@H](C)N)ccn1. The summed E-state index contributed by atoms with van der Waals surface area (Å²) in [7, 11) is 0. The Morgan fingerprint density at radius 3 is 2.79 bits per heavy atom. The molecule has 1 rings (SSSR count). The summed E-state index contributed by atoms with van der Waals surface area (Å²) in [5.74, 6) is 0.661. The van der Waals surface area contributed by atoms with Crippen LogP contribution in [0.15, 0.2) is 18.3 Å². The van der Waals surface area contributed by atoms with E-state index in [1.54, 1.807) is 6.20 Å². The quantitative estimate of drug-likeness (QED) is 0.800. The summed E-state index contributed by atoms with van der Waals surface area (Å²) < 4.78 is 5.59. The Bertz CT molecular complexity index is 286. The minimum absolute atomic E-state index is 0.0253. The van der Waals surface area contributed by atoms with E-state index < -0.39 is 0 Å². The van der Waals surface area contributed by atoms with Crippen molar-refractivity contribution in [2.24, 2.45) is 5.73 Å². The van der Waals surface area contributed by atoms with Gasteiger partial charge in [-0.1, -0.05) is 6.92 Å². The fourth-order valence-corrected chi connectivity index (χ4v) is 1.06. The van der Waals surface area contributed by atoms with E-state index in [9.17, 15) is 0 Å². The number of hydrogen-bond acceptors (Lipinski definition) is 3. The molecule has 0 fully saturated rings. The fraction of sp³-hybridized carbons (Fsp3) is 0.545. The van der Waals surface area contributed by atoms with E-state index in [4.69, 9.17) is 10.5 Å². The molecular formula is C11H18N2O. The van der Waals surface area contributed by atoms with Crippen LogP contribution in [0, 0.1) is 0 Å². The molecule has 1 aromatic heterocycles. The van der Waals surface area contributed by atoms with Crippen molar-refractivity contribution in [2.75, 3.05) is 0 Å². The first-order valence-corrected chi connectivity index (χ1v) is 5.01. The zero-order chi connectivity index (χ0) is 10.6. The summed E-state index contributed by atoms with van der Waals surface area (Å²) >= 11 is 0. The fourth-order valence-electron chi connectivity index (χ4n) is 1.06. The molecule has 0 aromatic carbocycles. The molecule has 1 heterocycles. The molecule has 0 saturated heterocycles. The third-order valence-electron chi connectivity index (χ3n) is 2.18. The van der Waals surface area contributed by atoms with Gasteiger partial charge in [-0.3, -0.25) is 0 Å². The number of rotatable bonds is 4. The van der Waals surface area contributed by atoms with Crippen LogP contribution in [0.25, 0.3) is 0 Å². The number of hydrogen-bond donors (Lipinski definition) is 1. The van der Waals surface area contributed by atoms with Crippen molar-refractivity contribution < 1.29 is 4.74 Å². The predicted octanol–water partition coefficient (Wildman–Crippen LogP) is 2.28. The van der Waals surface area contributed by atoms with Crippen molar-refractivity contribution in [1.82, 2.24) is 4.98 Å². The minimum atomic E-state index is 0.0253. The van der Waals surface area contributed by atoms with E-state index in [1.807, 2.05) is 26.0 Å². The summed E-state index contributed by atoms with van der Waals surface area (Å²) in [4.78, 5) is 4.13. The van der Waals surface area contributed by atoms with E-state index >= 15 is 0 Å². The smallest absolute Gasteiger partial charge is 0.213 e. The van der Waals surface area contributed by atoms with Crippen LogP contribution >= 0.6 is 0 Å². The molecule has 0 radical (unpaired) electrons. The summed E-state index contributed by atoms with van der Waals surface area (Å²) in [6.45, 7) is 6.06. The maximum Gasteiger partial charge on any atom is 0.213 e. The van der Waals surface area contributed by atoms with E-state index in [1.165, 1.54) is 0 Å². The minimum Gasteiger partial charge on any atom is -0.475 e. The Labute approximate surface area is 85.3 Å². The lowest BCUT2D eigenvalue weighted by molar-refractivity contribution is 0.208. The third-order valence-corrected chi connectivity index (χ3v) is 2.18. The van der Waals surface area contributed by atoms with Crippen molar-refractivity contribution in [2.45, 2.75) is 39.3 Å². The molecule has 0 aliphatic carbocycles. The van der Waals surface area contributed by atoms with E-state index in [0.717, 1.165) is 12.0 Å². The summed E-state index contributed by atoms with van der Waals surface area (Å²) in [6.07, 6.45) is 2.91. The molecule has 0 bridgehead atoms. The normalized spacial score (nSPS) is 14.9. The first-order valence-electron chi connectivity index (χ1n) is 5.01. The van der Waals surface area contributed by atoms with Gasteiger partial charge in [0.1, 0.15) is 0 Å². The van der Waals surface area contributed by atoms with Crippen molar-refractivity contribution >= 4 is 0 Å². The van der Waals surface area contributed by atoms with Crippen LogP contribution in [0.2, 0.25) is 0 Å². The Balaban J connectivity index is 2.73. The van der Waals surface area contributed by atoms with Crippen LogP contribution < -0.4 is 10.5 Å². The lowest BCUT2D eigenvalue weighted by atomic mass is 10.1. The highest BCUT2D eigenvalue weighted by molar-refractivity contribution is 5.22. The van der Waals surface area contributed by atoms with Gasteiger partial charge in [0.2, 0.25) is 5.88 Å². The summed E-state index contributed by atoms with van der Waals surface area (Å²) in [5, 5.41) is 0. The second-order valence-electron chi connectivity index (χ2n) is 3.55. The van der Waals surface area contributed by atoms with E-state index in [0.29, 0.717) is 5.88 Å². The molecule has 78 valence electrons. The van der Waals surface area contributed by atoms with Gasteiger partial charge in [-0.15, -0.1) is 0 Å². The largest absolute Gasteiger partial charge is 0.475 e. The highest BCUT2D eigenvalue weighted by Crippen LogP contribution is 2.16. The monoisotopic (exact) mass is 194 g/mol. The molecule has 2 N–H and O–H groups in total. The van der Waals surface area contributed by atoms with Crippen LogP contribution in [-0.4, -0.2) is 11.1 Å². The molecule has 2 atom stereocenters. The highest BCUT2D eigenvalue weighted by atomic mass is 16.5. The summed E-state index contributed by atoms with van der Waals surface area (Å²) in [6, 6.07) is 3.84. The van der Waals surface area contributed by atoms with Gasteiger partial charge in [0.05, 0.1) is 6.10 Å².